The smallest absolute Gasteiger partial charge is 0.305 e. The van der Waals surface area contributed by atoms with E-state index < -0.39 is 15.6 Å². The molecular formula is C17H14N2O6S2. The van der Waals surface area contributed by atoms with Crippen LogP contribution >= 0.6 is 24.4 Å². The van der Waals surface area contributed by atoms with Crippen LogP contribution in [0.25, 0.3) is 17.4 Å². The fourth-order valence-corrected chi connectivity index (χ4v) is 4.00. The van der Waals surface area contributed by atoms with Gasteiger partial charge in [0.15, 0.2) is 0 Å². The molecule has 27 heavy (non-hydrogen) atoms. The Morgan fingerprint density at radius 1 is 1.41 bits per heavy atom. The second-order valence-corrected chi connectivity index (χ2v) is 7.57. The molecule has 1 aromatic carbocycles. The molecule has 0 saturated carbocycles. The zero-order valence-electron chi connectivity index (χ0n) is 13.8. The molecule has 0 spiro atoms. The number of carboxylic acids is 1. The Morgan fingerprint density at radius 3 is 2.89 bits per heavy atom. The maximum Gasteiger partial charge on any atom is 0.305 e. The average molecular weight is 406 g/mol. The average Bonchev–Trinajstić information content (AvgIpc) is 3.19. The van der Waals surface area contributed by atoms with Gasteiger partial charge in [-0.25, -0.2) is 0 Å². The number of carbonyl (C=O) groups is 2. The topological polar surface area (TPSA) is 114 Å². The number of hydrogen-bond acceptors (Lipinski definition) is 7. The lowest BCUT2D eigenvalue weighted by Crippen LogP contribution is -2.31. The van der Waals surface area contributed by atoms with Crippen LogP contribution in [-0.2, 0) is 9.59 Å². The van der Waals surface area contributed by atoms with E-state index >= 15 is 0 Å². The number of hydrogen-bond donors (Lipinski definition) is 2. The van der Waals surface area contributed by atoms with Crippen LogP contribution in [0, 0.1) is 10.1 Å². The maximum absolute atomic E-state index is 12.4. The van der Waals surface area contributed by atoms with Gasteiger partial charge in [0.2, 0.25) is 0 Å². The normalized spacial score (nSPS) is 18.3. The number of rotatable bonds is 6. The number of benzene rings is 1. The standard InChI is InChI=1S/C17H14N2O6S2/c20-15(21)6-7-18-16(22)14(27-17(18)26)9-12-4-5-13(25-12)10-2-1-3-11(8-10)19(23)24/h1-5,8-9,17,26H,6-7H2,(H,20,21)/b14-9-. The number of carbonyl (C=O) groups excluding carboxylic acids is 1. The van der Waals surface area contributed by atoms with Crippen molar-refractivity contribution in [2.75, 3.05) is 6.54 Å². The maximum atomic E-state index is 12.4. The summed E-state index contributed by atoms with van der Waals surface area (Å²) in [7, 11) is 0. The van der Waals surface area contributed by atoms with E-state index in [1.54, 1.807) is 30.3 Å². The summed E-state index contributed by atoms with van der Waals surface area (Å²) in [5.74, 6) is -0.452. The molecule has 1 unspecified atom stereocenters. The van der Waals surface area contributed by atoms with Gasteiger partial charge in [-0.3, -0.25) is 19.7 Å². The van der Waals surface area contributed by atoms with Crippen molar-refractivity contribution in [3.63, 3.8) is 0 Å². The summed E-state index contributed by atoms with van der Waals surface area (Å²) >= 11 is 5.51. The molecule has 0 aliphatic carbocycles. The molecule has 2 aromatic rings. The SMILES string of the molecule is O=C(O)CCN1C(=O)/C(=C/c2ccc(-c3cccc([N+](=O)[O-])c3)o2)SC1S. The van der Waals surface area contributed by atoms with Crippen molar-refractivity contribution in [2.45, 2.75) is 11.1 Å². The zero-order chi connectivity index (χ0) is 19.6. The van der Waals surface area contributed by atoms with Crippen LogP contribution in [0.1, 0.15) is 12.2 Å². The molecule has 1 aliphatic heterocycles. The van der Waals surface area contributed by atoms with Crippen molar-refractivity contribution >= 4 is 48.0 Å². The minimum atomic E-state index is -0.988. The van der Waals surface area contributed by atoms with Gasteiger partial charge in [-0.1, -0.05) is 23.9 Å². The van der Waals surface area contributed by atoms with E-state index in [0.29, 0.717) is 22.0 Å². The predicted octanol–water partition coefficient (Wildman–Crippen LogP) is 3.46. The highest BCUT2D eigenvalue weighted by atomic mass is 32.2. The number of thioether (sulfide) groups is 1. The minimum absolute atomic E-state index is 0.0441. The second-order valence-electron chi connectivity index (χ2n) is 5.60. The number of aliphatic carboxylic acids is 1. The Labute approximate surface area is 163 Å². The summed E-state index contributed by atoms with van der Waals surface area (Å²) in [6.45, 7) is 0.0732. The lowest BCUT2D eigenvalue weighted by Gasteiger charge is -2.17. The van der Waals surface area contributed by atoms with Crippen LogP contribution in [0.15, 0.2) is 45.7 Å². The summed E-state index contributed by atoms with van der Waals surface area (Å²) in [4.78, 5) is 35.3. The summed E-state index contributed by atoms with van der Waals surface area (Å²) in [6.07, 6.45) is 1.40. The van der Waals surface area contributed by atoms with Crippen LogP contribution in [-0.4, -0.2) is 38.1 Å². The quantitative estimate of drug-likeness (QED) is 0.327. The van der Waals surface area contributed by atoms with E-state index in [1.165, 1.54) is 28.8 Å². The number of carboxylic acid groups (broad SMARTS) is 1. The first kappa shape index (κ1) is 19.1. The van der Waals surface area contributed by atoms with E-state index in [1.807, 2.05) is 0 Å². The molecule has 10 heteroatoms. The van der Waals surface area contributed by atoms with E-state index in [2.05, 4.69) is 12.6 Å². The first-order chi connectivity index (χ1) is 12.8. The van der Waals surface area contributed by atoms with Gasteiger partial charge in [0, 0.05) is 30.3 Å². The monoisotopic (exact) mass is 406 g/mol. The third-order valence-corrected chi connectivity index (χ3v) is 5.39. The molecule has 8 nitrogen and oxygen atoms in total. The molecule has 1 N–H and O–H groups in total. The summed E-state index contributed by atoms with van der Waals surface area (Å²) in [5, 5.41) is 19.7. The van der Waals surface area contributed by atoms with E-state index in [4.69, 9.17) is 9.52 Å². The van der Waals surface area contributed by atoms with Crippen molar-refractivity contribution in [1.82, 2.24) is 4.90 Å². The molecule has 140 valence electrons. The number of nitro groups is 1. The number of furan rings is 1. The van der Waals surface area contributed by atoms with Crippen molar-refractivity contribution in [2.24, 2.45) is 0 Å². The highest BCUT2D eigenvalue weighted by molar-refractivity contribution is 8.14. The van der Waals surface area contributed by atoms with Gasteiger partial charge in [-0.2, -0.15) is 0 Å². The molecule has 1 saturated heterocycles. The molecule has 1 fully saturated rings. The van der Waals surface area contributed by atoms with Gasteiger partial charge in [0.05, 0.1) is 16.2 Å². The number of non-ortho nitro benzene ring substituents is 1. The lowest BCUT2D eigenvalue weighted by molar-refractivity contribution is -0.384. The third-order valence-electron chi connectivity index (χ3n) is 3.78. The number of nitro benzene ring substituents is 1. The predicted molar refractivity (Wildman–Crippen MR) is 103 cm³/mol. The molecule has 2 heterocycles. The van der Waals surface area contributed by atoms with Gasteiger partial charge in [0.1, 0.15) is 16.2 Å². The molecule has 3 rings (SSSR count). The van der Waals surface area contributed by atoms with Crippen LogP contribution in [0.3, 0.4) is 0 Å². The molecule has 0 radical (unpaired) electrons. The summed E-state index contributed by atoms with van der Waals surface area (Å²) < 4.78 is 5.22. The Kier molecular flexibility index (Phi) is 5.57. The van der Waals surface area contributed by atoms with Crippen molar-refractivity contribution in [1.29, 1.82) is 0 Å². The van der Waals surface area contributed by atoms with E-state index in [9.17, 15) is 19.7 Å². The number of thiol groups is 1. The second kappa shape index (κ2) is 7.89. The highest BCUT2D eigenvalue weighted by Crippen LogP contribution is 2.38. The van der Waals surface area contributed by atoms with Crippen LogP contribution in [0.5, 0.6) is 0 Å². The highest BCUT2D eigenvalue weighted by Gasteiger charge is 2.34. The molecule has 1 amide bonds. The minimum Gasteiger partial charge on any atom is -0.481 e. The van der Waals surface area contributed by atoms with Crippen molar-refractivity contribution in [3.05, 3.63) is 57.2 Å². The van der Waals surface area contributed by atoms with Crippen LogP contribution in [0.4, 0.5) is 5.69 Å². The molecule has 1 aromatic heterocycles. The van der Waals surface area contributed by atoms with E-state index in [-0.39, 0.29) is 24.6 Å². The number of nitrogens with zero attached hydrogens (tertiary/aromatic N) is 2. The van der Waals surface area contributed by atoms with Crippen LogP contribution in [0.2, 0.25) is 0 Å². The first-order valence-electron chi connectivity index (χ1n) is 7.79. The van der Waals surface area contributed by atoms with Crippen molar-refractivity contribution < 1.29 is 24.0 Å². The fraction of sp³-hybridized carbons (Fsp3) is 0.176. The van der Waals surface area contributed by atoms with E-state index in [0.717, 1.165) is 0 Å². The van der Waals surface area contributed by atoms with Gasteiger partial charge in [-0.05, 0) is 12.1 Å². The first-order valence-corrected chi connectivity index (χ1v) is 9.18. The van der Waals surface area contributed by atoms with Gasteiger partial charge in [-0.15, -0.1) is 12.6 Å². The van der Waals surface area contributed by atoms with Gasteiger partial charge >= 0.3 is 5.97 Å². The molecule has 1 atom stereocenters. The summed E-state index contributed by atoms with van der Waals surface area (Å²) in [6, 6.07) is 9.37. The Balaban J connectivity index is 1.79. The summed E-state index contributed by atoms with van der Waals surface area (Å²) in [5.41, 5.74) is 0.506. The molecule has 1 aliphatic rings. The Hall–Kier alpha value is -2.72. The number of amides is 1. The molecule has 0 bridgehead atoms. The van der Waals surface area contributed by atoms with Crippen molar-refractivity contribution in [3.8, 4) is 11.3 Å². The van der Waals surface area contributed by atoms with Gasteiger partial charge < -0.3 is 14.4 Å². The third kappa shape index (κ3) is 4.34. The lowest BCUT2D eigenvalue weighted by atomic mass is 10.1. The zero-order valence-corrected chi connectivity index (χ0v) is 15.5. The van der Waals surface area contributed by atoms with Gasteiger partial charge in [0.25, 0.3) is 11.6 Å². The Bertz CT molecular complexity index is 939. The Morgan fingerprint density at radius 2 is 2.19 bits per heavy atom. The largest absolute Gasteiger partial charge is 0.481 e. The molecular weight excluding hydrogens is 392 g/mol. The van der Waals surface area contributed by atoms with Crippen LogP contribution < -0.4 is 0 Å². The fourth-order valence-electron chi connectivity index (χ4n) is 2.48.